The van der Waals surface area contributed by atoms with Gasteiger partial charge in [0, 0.05) is 69.5 Å². The van der Waals surface area contributed by atoms with Crippen molar-refractivity contribution in [2.45, 2.75) is 44.8 Å². The third-order valence-electron chi connectivity index (χ3n) is 10.9. The zero-order valence-electron chi connectivity index (χ0n) is 27.9. The van der Waals surface area contributed by atoms with Crippen molar-refractivity contribution in [1.82, 2.24) is 29.7 Å². The molecule has 4 aliphatic rings. The van der Waals surface area contributed by atoms with Gasteiger partial charge in [-0.1, -0.05) is 6.07 Å². The predicted octanol–water partition coefficient (Wildman–Crippen LogP) is 3.06. The van der Waals surface area contributed by atoms with E-state index in [2.05, 4.69) is 31.2 Å². The first-order valence-electron chi connectivity index (χ1n) is 16.7. The Hall–Kier alpha value is -5.17. The fraction of sp³-hybridized carbons (Fsp3) is 0.417. The second-order valence-electron chi connectivity index (χ2n) is 13.8. The van der Waals surface area contributed by atoms with Crippen molar-refractivity contribution in [3.63, 3.8) is 0 Å². The van der Waals surface area contributed by atoms with E-state index in [4.69, 9.17) is 9.47 Å². The minimum Gasteiger partial charge on any atom is -0.496 e. The zero-order valence-corrected chi connectivity index (χ0v) is 27.9. The lowest BCUT2D eigenvalue weighted by Crippen LogP contribution is -2.60. The minimum atomic E-state index is -0.607. The van der Waals surface area contributed by atoms with Crippen LogP contribution in [-0.2, 0) is 29.7 Å². The molecule has 4 aromatic rings. The highest BCUT2D eigenvalue weighted by Crippen LogP contribution is 2.45. The van der Waals surface area contributed by atoms with Crippen molar-refractivity contribution < 1.29 is 25.3 Å². The Morgan fingerprint density at radius 3 is 2.43 bits per heavy atom. The number of nitrogens with one attached hydrogen (secondary N) is 2. The van der Waals surface area contributed by atoms with Crippen molar-refractivity contribution in [2.24, 2.45) is 12.5 Å². The van der Waals surface area contributed by atoms with Crippen LogP contribution in [0.1, 0.15) is 48.6 Å². The molecule has 2 N–H and O–H groups in total. The second-order valence-corrected chi connectivity index (χ2v) is 13.8. The number of hydrogen-bond donors (Lipinski definition) is 2. The SMILES string of the molecule is COc1cc(-c2cn(C)c(=O)c3[nH]cnc23)cc(OC)c1CN1CCC2(CC1)CN(c1ccc3c(c1)C(=O)N(C1CCC(=O)NC1=O)C3)C2.[HH]. The summed E-state index contributed by atoms with van der Waals surface area (Å²) in [5, 5.41) is 2.37. The van der Waals surface area contributed by atoms with Crippen molar-refractivity contribution >= 4 is 34.4 Å². The lowest BCUT2D eigenvalue weighted by molar-refractivity contribution is -0.136. The maximum absolute atomic E-state index is 13.3. The van der Waals surface area contributed by atoms with Crippen molar-refractivity contribution in [2.75, 3.05) is 45.3 Å². The van der Waals surface area contributed by atoms with Gasteiger partial charge < -0.3 is 28.8 Å². The average molecular weight is 668 g/mol. The summed E-state index contributed by atoms with van der Waals surface area (Å²) in [5.74, 6) is 0.639. The standard InChI is InChI=1S/C36H39N7O6.H2/c1-40-16-25(31-32(35(40)47)38-20-37-31)22-12-28(48-2)26(29(13-22)49-3)17-41-10-8-36(9-11-41)18-42(19-36)23-5-4-21-15-43(34(46)24(21)14-23)27-6-7-30(44)39-33(27)45;/h4-5,12-14,16,20,27H,6-11,15,17-19H2,1-3H3,(H,37,38)(H,39,44,45);1H. The Bertz CT molecular complexity index is 2050. The molecule has 1 atom stereocenters. The molecular weight excluding hydrogens is 626 g/mol. The Labute approximate surface area is 284 Å². The number of benzene rings is 2. The molecule has 3 saturated heterocycles. The van der Waals surface area contributed by atoms with Crippen LogP contribution in [0, 0.1) is 5.41 Å². The number of imidazole rings is 1. The average Bonchev–Trinajstić information content (AvgIpc) is 3.71. The molecule has 0 saturated carbocycles. The van der Waals surface area contributed by atoms with Crippen LogP contribution in [-0.4, -0.2) is 88.5 Å². The fourth-order valence-corrected chi connectivity index (χ4v) is 8.07. The van der Waals surface area contributed by atoms with E-state index in [1.807, 2.05) is 24.3 Å². The number of aromatic nitrogens is 3. The molecule has 256 valence electrons. The molecule has 8 rings (SSSR count). The van der Waals surface area contributed by atoms with E-state index in [0.717, 1.165) is 78.5 Å². The summed E-state index contributed by atoms with van der Waals surface area (Å²) in [7, 11) is 5.06. The van der Waals surface area contributed by atoms with Crippen molar-refractivity contribution in [3.05, 3.63) is 69.9 Å². The summed E-state index contributed by atoms with van der Waals surface area (Å²) in [4.78, 5) is 63.7. The molecule has 0 aliphatic carbocycles. The van der Waals surface area contributed by atoms with Crippen molar-refractivity contribution in [1.29, 1.82) is 0 Å². The molecule has 0 bridgehead atoms. The number of fused-ring (bicyclic) bond motifs is 2. The highest BCUT2D eigenvalue weighted by Gasteiger charge is 2.46. The van der Waals surface area contributed by atoms with Gasteiger partial charge in [-0.2, -0.15) is 0 Å². The zero-order chi connectivity index (χ0) is 34.0. The molecule has 6 heterocycles. The molecule has 4 aliphatic heterocycles. The van der Waals surface area contributed by atoms with Gasteiger partial charge in [0.05, 0.1) is 26.1 Å². The predicted molar refractivity (Wildman–Crippen MR) is 184 cm³/mol. The first-order valence-corrected chi connectivity index (χ1v) is 16.7. The highest BCUT2D eigenvalue weighted by molar-refractivity contribution is 6.05. The van der Waals surface area contributed by atoms with Gasteiger partial charge in [0.25, 0.3) is 11.5 Å². The first kappa shape index (κ1) is 31.1. The Morgan fingerprint density at radius 2 is 1.73 bits per heavy atom. The molecule has 2 aromatic carbocycles. The second kappa shape index (κ2) is 11.8. The van der Waals surface area contributed by atoms with Gasteiger partial charge in [0.2, 0.25) is 11.8 Å². The van der Waals surface area contributed by atoms with E-state index < -0.39 is 6.04 Å². The highest BCUT2D eigenvalue weighted by atomic mass is 16.5. The maximum atomic E-state index is 13.3. The van der Waals surface area contributed by atoms with Crippen LogP contribution in [0.2, 0.25) is 0 Å². The van der Waals surface area contributed by atoms with E-state index in [1.165, 1.54) is 6.33 Å². The number of hydrogen-bond acceptors (Lipinski definition) is 9. The lowest BCUT2D eigenvalue weighted by Gasteiger charge is -2.55. The number of ether oxygens (including phenoxy) is 2. The number of likely N-dealkylation sites (tertiary alicyclic amines) is 1. The molecule has 0 radical (unpaired) electrons. The monoisotopic (exact) mass is 667 g/mol. The molecule has 3 fully saturated rings. The summed E-state index contributed by atoms with van der Waals surface area (Å²) in [5.41, 5.74) is 6.42. The minimum absolute atomic E-state index is 0. The van der Waals surface area contributed by atoms with Crippen LogP contribution in [0.4, 0.5) is 5.69 Å². The fourth-order valence-electron chi connectivity index (χ4n) is 8.07. The van der Waals surface area contributed by atoms with Gasteiger partial charge in [-0.15, -0.1) is 0 Å². The number of aromatic amines is 1. The number of imide groups is 1. The van der Waals surface area contributed by atoms with Gasteiger partial charge in [-0.25, -0.2) is 4.98 Å². The number of piperidine rings is 2. The molecule has 49 heavy (non-hydrogen) atoms. The Kier molecular flexibility index (Phi) is 7.47. The number of amides is 3. The lowest BCUT2D eigenvalue weighted by atomic mass is 9.71. The summed E-state index contributed by atoms with van der Waals surface area (Å²) in [6.45, 7) is 4.84. The third-order valence-corrected chi connectivity index (χ3v) is 10.9. The summed E-state index contributed by atoms with van der Waals surface area (Å²) in [6, 6.07) is 9.43. The number of pyridine rings is 1. The van der Waals surface area contributed by atoms with Gasteiger partial charge in [0.15, 0.2) is 0 Å². The molecule has 1 unspecified atom stereocenters. The van der Waals surface area contributed by atoms with Gasteiger partial charge in [0.1, 0.15) is 28.6 Å². The van der Waals surface area contributed by atoms with Crippen LogP contribution < -0.4 is 25.2 Å². The summed E-state index contributed by atoms with van der Waals surface area (Å²) >= 11 is 0. The first-order chi connectivity index (χ1) is 23.7. The van der Waals surface area contributed by atoms with E-state index >= 15 is 0 Å². The number of H-pyrrole nitrogens is 1. The van der Waals surface area contributed by atoms with Gasteiger partial charge in [-0.05, 0) is 67.7 Å². The van der Waals surface area contributed by atoms with Crippen LogP contribution in [0.5, 0.6) is 11.5 Å². The number of methoxy groups -OCH3 is 2. The van der Waals surface area contributed by atoms with E-state index in [9.17, 15) is 19.2 Å². The van der Waals surface area contributed by atoms with Crippen LogP contribution in [0.25, 0.3) is 22.2 Å². The molecular formula is C36H41N7O6. The number of nitrogens with zero attached hydrogens (tertiary/aromatic N) is 5. The van der Waals surface area contributed by atoms with E-state index in [0.29, 0.717) is 36.1 Å². The van der Waals surface area contributed by atoms with Crippen molar-refractivity contribution in [3.8, 4) is 22.6 Å². The van der Waals surface area contributed by atoms with Gasteiger partial charge in [-0.3, -0.25) is 29.4 Å². The van der Waals surface area contributed by atoms with E-state index in [-0.39, 0.29) is 36.5 Å². The van der Waals surface area contributed by atoms with E-state index in [1.54, 1.807) is 36.9 Å². The van der Waals surface area contributed by atoms with Gasteiger partial charge >= 0.3 is 0 Å². The van der Waals surface area contributed by atoms with Crippen LogP contribution in [0.15, 0.2) is 47.7 Å². The normalized spacial score (nSPS) is 20.5. The number of carbonyl (C=O) groups excluding carboxylic acids is 3. The third kappa shape index (κ3) is 5.23. The Morgan fingerprint density at radius 1 is 1.00 bits per heavy atom. The quantitative estimate of drug-likeness (QED) is 0.285. The molecule has 13 heteroatoms. The number of aryl methyl sites for hydroxylation is 1. The number of carbonyl (C=O) groups is 3. The molecule has 1 spiro atoms. The maximum Gasteiger partial charge on any atom is 0.276 e. The number of rotatable bonds is 7. The topological polar surface area (TPSA) is 142 Å². The van der Waals surface area contributed by atoms with Crippen LogP contribution >= 0.6 is 0 Å². The van der Waals surface area contributed by atoms with Crippen LogP contribution in [0.3, 0.4) is 0 Å². The molecule has 13 nitrogen and oxygen atoms in total. The molecule has 2 aromatic heterocycles. The Balaban J connectivity index is 0.00000392. The smallest absolute Gasteiger partial charge is 0.276 e. The number of anilines is 1. The molecule has 3 amide bonds. The largest absolute Gasteiger partial charge is 0.496 e. The summed E-state index contributed by atoms with van der Waals surface area (Å²) in [6.07, 6.45) is 6.07. The summed E-state index contributed by atoms with van der Waals surface area (Å²) < 4.78 is 13.3.